The van der Waals surface area contributed by atoms with Crippen molar-refractivity contribution in [3.8, 4) is 0 Å². The number of nitrogens with one attached hydrogen (secondary N) is 2. The highest BCUT2D eigenvalue weighted by atomic mass is 35.5. The van der Waals surface area contributed by atoms with Crippen LogP contribution in [-0.2, 0) is 9.59 Å². The molecule has 1 atom stereocenters. The van der Waals surface area contributed by atoms with E-state index in [4.69, 9.17) is 5.73 Å². The quantitative estimate of drug-likeness (QED) is 0.687. The largest absolute Gasteiger partial charge is 0.356 e. The average molecular weight is 278 g/mol. The molecule has 6 heteroatoms. The fourth-order valence-corrected chi connectivity index (χ4v) is 1.92. The van der Waals surface area contributed by atoms with Gasteiger partial charge in [0, 0.05) is 31.0 Å². The summed E-state index contributed by atoms with van der Waals surface area (Å²) in [7, 11) is 0. The van der Waals surface area contributed by atoms with Gasteiger partial charge in [-0.25, -0.2) is 0 Å². The number of nitrogens with two attached hydrogens (primary N) is 1. The van der Waals surface area contributed by atoms with Gasteiger partial charge in [-0.1, -0.05) is 13.8 Å². The molecule has 0 aromatic carbocycles. The zero-order chi connectivity index (χ0) is 12.9. The Labute approximate surface area is 115 Å². The van der Waals surface area contributed by atoms with Crippen LogP contribution in [0.1, 0.15) is 39.5 Å². The fraction of sp³-hybridized carbons (Fsp3) is 0.833. The van der Waals surface area contributed by atoms with Gasteiger partial charge in [0.2, 0.25) is 11.8 Å². The molecule has 1 heterocycles. The van der Waals surface area contributed by atoms with Gasteiger partial charge in [-0.3, -0.25) is 9.59 Å². The first-order valence-electron chi connectivity index (χ1n) is 6.34. The Morgan fingerprint density at radius 2 is 2.11 bits per heavy atom. The summed E-state index contributed by atoms with van der Waals surface area (Å²) in [5.41, 5.74) is 5.78. The maximum atomic E-state index is 11.9. The molecule has 1 unspecified atom stereocenters. The molecule has 2 amide bonds. The van der Waals surface area contributed by atoms with E-state index in [0.29, 0.717) is 25.9 Å². The molecule has 0 aromatic rings. The number of rotatable bonds is 5. The number of halogens is 1. The molecule has 0 bridgehead atoms. The van der Waals surface area contributed by atoms with Gasteiger partial charge in [0.05, 0.1) is 0 Å². The third kappa shape index (κ3) is 4.82. The molecule has 0 aromatic heterocycles. The van der Waals surface area contributed by atoms with Gasteiger partial charge in [-0.05, 0) is 19.3 Å². The fourth-order valence-electron chi connectivity index (χ4n) is 1.92. The molecule has 1 aliphatic rings. The van der Waals surface area contributed by atoms with Crippen molar-refractivity contribution in [1.82, 2.24) is 10.6 Å². The minimum Gasteiger partial charge on any atom is -0.356 e. The zero-order valence-corrected chi connectivity index (χ0v) is 11.9. The summed E-state index contributed by atoms with van der Waals surface area (Å²) in [5.74, 6) is -0.278. The Balaban J connectivity index is 0.00000289. The van der Waals surface area contributed by atoms with Crippen molar-refractivity contribution in [3.63, 3.8) is 0 Å². The van der Waals surface area contributed by atoms with Crippen molar-refractivity contribution in [3.05, 3.63) is 0 Å². The van der Waals surface area contributed by atoms with Gasteiger partial charge in [-0.2, -0.15) is 0 Å². The summed E-state index contributed by atoms with van der Waals surface area (Å²) in [6, 6.07) is 0. The topological polar surface area (TPSA) is 84.2 Å². The van der Waals surface area contributed by atoms with Crippen molar-refractivity contribution in [2.45, 2.75) is 45.1 Å². The first-order chi connectivity index (χ1) is 8.00. The van der Waals surface area contributed by atoms with E-state index in [1.54, 1.807) is 0 Å². The van der Waals surface area contributed by atoms with Gasteiger partial charge < -0.3 is 16.4 Å². The lowest BCUT2D eigenvalue weighted by molar-refractivity contribution is -0.132. The summed E-state index contributed by atoms with van der Waals surface area (Å²) in [6.45, 7) is 5.11. The lowest BCUT2D eigenvalue weighted by atomic mass is 9.92. The number of carbonyl (C=O) groups excluding carboxylic acids is 2. The third-order valence-electron chi connectivity index (χ3n) is 3.64. The molecule has 1 aliphatic heterocycles. The molecule has 106 valence electrons. The van der Waals surface area contributed by atoms with Crippen molar-refractivity contribution in [1.29, 1.82) is 0 Å². The molecule has 0 aliphatic carbocycles. The number of piperidine rings is 1. The van der Waals surface area contributed by atoms with Crippen LogP contribution in [0.2, 0.25) is 0 Å². The molecular weight excluding hydrogens is 254 g/mol. The molecule has 18 heavy (non-hydrogen) atoms. The molecular formula is C12H24ClN3O2. The molecule has 4 N–H and O–H groups in total. The van der Waals surface area contributed by atoms with Crippen LogP contribution in [0.5, 0.6) is 0 Å². The van der Waals surface area contributed by atoms with E-state index in [0.717, 1.165) is 12.8 Å². The van der Waals surface area contributed by atoms with Crippen LogP contribution in [0.15, 0.2) is 0 Å². The molecule has 1 rings (SSSR count). The van der Waals surface area contributed by atoms with E-state index in [1.807, 2.05) is 13.8 Å². The lowest BCUT2D eigenvalue weighted by Crippen LogP contribution is -2.51. The van der Waals surface area contributed by atoms with E-state index in [9.17, 15) is 9.59 Å². The highest BCUT2D eigenvalue weighted by molar-refractivity contribution is 5.86. The second-order valence-electron chi connectivity index (χ2n) is 4.83. The van der Waals surface area contributed by atoms with E-state index >= 15 is 0 Å². The third-order valence-corrected chi connectivity index (χ3v) is 3.64. The maximum absolute atomic E-state index is 11.9. The van der Waals surface area contributed by atoms with Crippen LogP contribution in [0.4, 0.5) is 0 Å². The minimum atomic E-state index is -0.327. The van der Waals surface area contributed by atoms with Crippen LogP contribution in [0, 0.1) is 5.92 Å². The highest BCUT2D eigenvalue weighted by Gasteiger charge is 2.27. The lowest BCUT2D eigenvalue weighted by Gasteiger charge is -2.28. The SMILES string of the molecule is CCC(N)(CC)CNC(=O)C1CCNC(=O)C1.Cl. The zero-order valence-electron chi connectivity index (χ0n) is 11.1. The normalized spacial score (nSPS) is 19.7. The summed E-state index contributed by atoms with van der Waals surface area (Å²) >= 11 is 0. The van der Waals surface area contributed by atoms with Gasteiger partial charge in [0.15, 0.2) is 0 Å². The Hall–Kier alpha value is -0.810. The van der Waals surface area contributed by atoms with E-state index in [-0.39, 0.29) is 35.7 Å². The minimum absolute atomic E-state index is 0. The van der Waals surface area contributed by atoms with Crippen LogP contribution >= 0.6 is 12.4 Å². The van der Waals surface area contributed by atoms with E-state index in [1.165, 1.54) is 0 Å². The molecule has 5 nitrogen and oxygen atoms in total. The highest BCUT2D eigenvalue weighted by Crippen LogP contribution is 2.14. The van der Waals surface area contributed by atoms with Crippen LogP contribution in [-0.4, -0.2) is 30.4 Å². The number of hydrogen-bond acceptors (Lipinski definition) is 3. The van der Waals surface area contributed by atoms with Gasteiger partial charge in [-0.15, -0.1) is 12.4 Å². The standard InChI is InChI=1S/C12H23N3O2.ClH/c1-3-12(13,4-2)8-15-11(17)9-5-6-14-10(16)7-9;/h9H,3-8,13H2,1-2H3,(H,14,16)(H,15,17);1H. The first kappa shape index (κ1) is 17.2. The molecule has 0 saturated carbocycles. The number of amides is 2. The molecule has 0 radical (unpaired) electrons. The summed E-state index contributed by atoms with van der Waals surface area (Å²) < 4.78 is 0. The predicted octanol–water partition coefficient (Wildman–Crippen LogP) is 0.568. The van der Waals surface area contributed by atoms with Crippen molar-refractivity contribution >= 4 is 24.2 Å². The summed E-state index contributed by atoms with van der Waals surface area (Å²) in [6.07, 6.45) is 2.67. The second kappa shape index (κ2) is 7.59. The number of hydrogen-bond donors (Lipinski definition) is 3. The Morgan fingerprint density at radius 3 is 2.61 bits per heavy atom. The first-order valence-corrected chi connectivity index (χ1v) is 6.34. The Kier molecular flexibility index (Phi) is 7.25. The van der Waals surface area contributed by atoms with E-state index in [2.05, 4.69) is 10.6 Å². The van der Waals surface area contributed by atoms with Gasteiger partial charge in [0.25, 0.3) is 0 Å². The predicted molar refractivity (Wildman–Crippen MR) is 73.5 cm³/mol. The van der Waals surface area contributed by atoms with Crippen molar-refractivity contribution < 1.29 is 9.59 Å². The van der Waals surface area contributed by atoms with Gasteiger partial charge >= 0.3 is 0 Å². The van der Waals surface area contributed by atoms with Crippen LogP contribution in [0.25, 0.3) is 0 Å². The summed E-state index contributed by atoms with van der Waals surface area (Å²) in [4.78, 5) is 23.1. The van der Waals surface area contributed by atoms with E-state index < -0.39 is 0 Å². The second-order valence-corrected chi connectivity index (χ2v) is 4.83. The average Bonchev–Trinajstić information content (AvgIpc) is 2.35. The Bertz CT molecular complexity index is 293. The number of carbonyl (C=O) groups is 2. The summed E-state index contributed by atoms with van der Waals surface area (Å²) in [5, 5.41) is 5.59. The molecule has 1 saturated heterocycles. The van der Waals surface area contributed by atoms with Crippen LogP contribution < -0.4 is 16.4 Å². The van der Waals surface area contributed by atoms with Crippen molar-refractivity contribution in [2.75, 3.05) is 13.1 Å². The smallest absolute Gasteiger partial charge is 0.223 e. The van der Waals surface area contributed by atoms with Crippen LogP contribution in [0.3, 0.4) is 0 Å². The molecule has 1 fully saturated rings. The van der Waals surface area contributed by atoms with Crippen molar-refractivity contribution in [2.24, 2.45) is 11.7 Å². The van der Waals surface area contributed by atoms with Gasteiger partial charge in [0.1, 0.15) is 0 Å². The maximum Gasteiger partial charge on any atom is 0.223 e. The molecule has 0 spiro atoms. The Morgan fingerprint density at radius 1 is 1.50 bits per heavy atom. The monoisotopic (exact) mass is 277 g/mol.